The van der Waals surface area contributed by atoms with Gasteiger partial charge in [-0.1, -0.05) is 46.5 Å². The van der Waals surface area contributed by atoms with Gasteiger partial charge in [0.05, 0.1) is 6.10 Å². The van der Waals surface area contributed by atoms with E-state index in [0.29, 0.717) is 17.6 Å². The van der Waals surface area contributed by atoms with E-state index in [-0.39, 0.29) is 0 Å². The quantitative estimate of drug-likeness (QED) is 0.753. The summed E-state index contributed by atoms with van der Waals surface area (Å²) in [4.78, 5) is 0. The van der Waals surface area contributed by atoms with Crippen LogP contribution in [0.25, 0.3) is 0 Å². The highest BCUT2D eigenvalue weighted by Crippen LogP contribution is 2.43. The number of nitrogens with one attached hydrogen (secondary N) is 1. The zero-order valence-electron chi connectivity index (χ0n) is 12.5. The average molecular weight is 253 g/mol. The van der Waals surface area contributed by atoms with Gasteiger partial charge in [0.25, 0.3) is 0 Å². The molecular weight excluding hydrogens is 222 g/mol. The molecule has 2 saturated carbocycles. The molecule has 2 heteroatoms. The smallest absolute Gasteiger partial charge is 0.0656 e. The molecule has 2 atom stereocenters. The van der Waals surface area contributed by atoms with E-state index in [9.17, 15) is 0 Å². The van der Waals surface area contributed by atoms with Crippen LogP contribution in [-0.4, -0.2) is 25.3 Å². The molecule has 0 bridgehead atoms. The SMILES string of the molecule is CCNC1CC(OCC2CCCCCC2)C1(C)C. The Bertz CT molecular complexity index is 243. The van der Waals surface area contributed by atoms with Crippen LogP contribution in [0, 0.1) is 11.3 Å². The molecule has 0 aromatic carbocycles. The van der Waals surface area contributed by atoms with Crippen LogP contribution in [-0.2, 0) is 4.74 Å². The molecule has 18 heavy (non-hydrogen) atoms. The van der Waals surface area contributed by atoms with Crippen LogP contribution >= 0.6 is 0 Å². The van der Waals surface area contributed by atoms with Gasteiger partial charge >= 0.3 is 0 Å². The van der Waals surface area contributed by atoms with E-state index in [0.717, 1.165) is 19.1 Å². The second-order valence-corrected chi connectivity index (χ2v) is 6.85. The van der Waals surface area contributed by atoms with Crippen LogP contribution in [0.4, 0.5) is 0 Å². The van der Waals surface area contributed by atoms with Gasteiger partial charge in [-0.15, -0.1) is 0 Å². The first-order valence-corrected chi connectivity index (χ1v) is 7.99. The molecular formula is C16H31NO. The predicted octanol–water partition coefficient (Wildman–Crippen LogP) is 3.75. The normalized spacial score (nSPS) is 32.8. The molecule has 0 spiro atoms. The van der Waals surface area contributed by atoms with E-state index < -0.39 is 0 Å². The maximum absolute atomic E-state index is 6.22. The molecule has 0 aromatic rings. The van der Waals surface area contributed by atoms with E-state index >= 15 is 0 Å². The molecule has 2 aliphatic carbocycles. The largest absolute Gasteiger partial charge is 0.377 e. The first-order chi connectivity index (χ1) is 8.64. The summed E-state index contributed by atoms with van der Waals surface area (Å²) in [6, 6.07) is 0.654. The Morgan fingerprint density at radius 3 is 2.33 bits per heavy atom. The first-order valence-electron chi connectivity index (χ1n) is 7.99. The van der Waals surface area contributed by atoms with Crippen LogP contribution < -0.4 is 5.32 Å². The predicted molar refractivity (Wildman–Crippen MR) is 76.8 cm³/mol. The lowest BCUT2D eigenvalue weighted by atomic mass is 9.64. The lowest BCUT2D eigenvalue weighted by Gasteiger charge is -2.52. The van der Waals surface area contributed by atoms with Gasteiger partial charge in [0.1, 0.15) is 0 Å². The molecule has 0 heterocycles. The topological polar surface area (TPSA) is 21.3 Å². The van der Waals surface area contributed by atoms with Crippen LogP contribution in [0.15, 0.2) is 0 Å². The maximum atomic E-state index is 6.22. The molecule has 0 aromatic heterocycles. The summed E-state index contributed by atoms with van der Waals surface area (Å²) in [5.74, 6) is 0.835. The molecule has 2 rings (SSSR count). The van der Waals surface area contributed by atoms with Crippen LogP contribution in [0.1, 0.15) is 65.7 Å². The highest BCUT2D eigenvalue weighted by atomic mass is 16.5. The average Bonchev–Trinajstić information content (AvgIpc) is 2.61. The standard InChI is InChI=1S/C16H31NO/c1-4-17-14-11-15(16(14,2)3)18-12-13-9-7-5-6-8-10-13/h13-15,17H,4-12H2,1-3H3. The number of ether oxygens (including phenoxy) is 1. The summed E-state index contributed by atoms with van der Waals surface area (Å²) in [5, 5.41) is 3.57. The van der Waals surface area contributed by atoms with Gasteiger partial charge in [-0.3, -0.25) is 0 Å². The summed E-state index contributed by atoms with van der Waals surface area (Å²) < 4.78 is 6.22. The number of hydrogen-bond acceptors (Lipinski definition) is 2. The van der Waals surface area contributed by atoms with E-state index in [2.05, 4.69) is 26.1 Å². The minimum absolute atomic E-state index is 0.320. The Kier molecular flexibility index (Phi) is 5.08. The van der Waals surface area contributed by atoms with Gasteiger partial charge in [-0.2, -0.15) is 0 Å². The molecule has 2 nitrogen and oxygen atoms in total. The summed E-state index contributed by atoms with van der Waals surface area (Å²) >= 11 is 0. The van der Waals surface area contributed by atoms with Crippen molar-refractivity contribution in [2.24, 2.45) is 11.3 Å². The molecule has 0 saturated heterocycles. The first kappa shape index (κ1) is 14.3. The molecule has 106 valence electrons. The van der Waals surface area contributed by atoms with Crippen LogP contribution in [0.3, 0.4) is 0 Å². The minimum atomic E-state index is 0.320. The Balaban J connectivity index is 1.71. The Morgan fingerprint density at radius 2 is 1.78 bits per heavy atom. The third-order valence-electron chi connectivity index (χ3n) is 5.14. The maximum Gasteiger partial charge on any atom is 0.0656 e. The van der Waals surface area contributed by atoms with Gasteiger partial charge in [0, 0.05) is 18.1 Å². The zero-order chi connectivity index (χ0) is 13.0. The second kappa shape index (κ2) is 6.38. The summed E-state index contributed by atoms with van der Waals surface area (Å²) in [6.45, 7) is 8.97. The lowest BCUT2D eigenvalue weighted by molar-refractivity contribution is -0.126. The van der Waals surface area contributed by atoms with Crippen LogP contribution in [0.5, 0.6) is 0 Å². The fraction of sp³-hybridized carbons (Fsp3) is 1.00. The van der Waals surface area contributed by atoms with Crippen molar-refractivity contribution in [3.63, 3.8) is 0 Å². The molecule has 2 aliphatic rings. The van der Waals surface area contributed by atoms with Gasteiger partial charge in [-0.25, -0.2) is 0 Å². The minimum Gasteiger partial charge on any atom is -0.377 e. The molecule has 1 N–H and O–H groups in total. The third kappa shape index (κ3) is 3.27. The highest BCUT2D eigenvalue weighted by molar-refractivity contribution is 5.02. The van der Waals surface area contributed by atoms with Gasteiger partial charge in [0.15, 0.2) is 0 Å². The van der Waals surface area contributed by atoms with Crippen molar-refractivity contribution in [1.29, 1.82) is 0 Å². The van der Waals surface area contributed by atoms with E-state index in [1.807, 2.05) is 0 Å². The van der Waals surface area contributed by atoms with Crippen molar-refractivity contribution in [2.45, 2.75) is 77.9 Å². The molecule has 0 amide bonds. The monoisotopic (exact) mass is 253 g/mol. The lowest BCUT2D eigenvalue weighted by Crippen LogP contribution is -2.61. The third-order valence-corrected chi connectivity index (χ3v) is 5.14. The van der Waals surface area contributed by atoms with E-state index in [1.54, 1.807) is 0 Å². The van der Waals surface area contributed by atoms with Gasteiger partial charge in [0.2, 0.25) is 0 Å². The number of hydrogen-bond donors (Lipinski definition) is 1. The summed E-state index contributed by atoms with van der Waals surface area (Å²) in [7, 11) is 0. The zero-order valence-corrected chi connectivity index (χ0v) is 12.5. The Morgan fingerprint density at radius 1 is 1.11 bits per heavy atom. The summed E-state index contributed by atoms with van der Waals surface area (Å²) in [5.41, 5.74) is 0.320. The fourth-order valence-electron chi connectivity index (χ4n) is 3.54. The van der Waals surface area contributed by atoms with Crippen molar-refractivity contribution in [3.8, 4) is 0 Å². The second-order valence-electron chi connectivity index (χ2n) is 6.85. The molecule has 0 aliphatic heterocycles. The fourth-order valence-corrected chi connectivity index (χ4v) is 3.54. The molecule has 2 unspecified atom stereocenters. The van der Waals surface area contributed by atoms with E-state index in [1.165, 1.54) is 44.9 Å². The Labute approximate surface area is 113 Å². The van der Waals surface area contributed by atoms with Crippen molar-refractivity contribution < 1.29 is 4.74 Å². The Hall–Kier alpha value is -0.0800. The van der Waals surface area contributed by atoms with Crippen molar-refractivity contribution >= 4 is 0 Å². The van der Waals surface area contributed by atoms with Crippen molar-refractivity contribution in [2.75, 3.05) is 13.2 Å². The number of rotatable bonds is 5. The van der Waals surface area contributed by atoms with Crippen molar-refractivity contribution in [3.05, 3.63) is 0 Å². The van der Waals surface area contributed by atoms with Gasteiger partial charge in [-0.05, 0) is 31.7 Å². The van der Waals surface area contributed by atoms with Gasteiger partial charge < -0.3 is 10.1 Å². The molecule has 2 fully saturated rings. The highest BCUT2D eigenvalue weighted by Gasteiger charge is 2.48. The molecule has 0 radical (unpaired) electrons. The van der Waals surface area contributed by atoms with E-state index in [4.69, 9.17) is 4.74 Å². The summed E-state index contributed by atoms with van der Waals surface area (Å²) in [6.07, 6.45) is 10.2. The van der Waals surface area contributed by atoms with Crippen LogP contribution in [0.2, 0.25) is 0 Å². The van der Waals surface area contributed by atoms with Crippen molar-refractivity contribution in [1.82, 2.24) is 5.32 Å².